The molecule has 1 aromatic heterocycles. The van der Waals surface area contributed by atoms with Crippen LogP contribution in [-0.4, -0.2) is 9.49 Å². The summed E-state index contributed by atoms with van der Waals surface area (Å²) in [4.78, 5) is 15.9. The lowest BCUT2D eigenvalue weighted by Crippen LogP contribution is -2.19. The molecule has 0 saturated carbocycles. The van der Waals surface area contributed by atoms with E-state index >= 15 is 0 Å². The van der Waals surface area contributed by atoms with Gasteiger partial charge in [-0.15, -0.1) is 11.3 Å². The minimum Gasteiger partial charge on any atom is -0.314 e. The lowest BCUT2D eigenvalue weighted by atomic mass is 10.1. The first-order valence-corrected chi connectivity index (χ1v) is 9.12. The summed E-state index contributed by atoms with van der Waals surface area (Å²) in [6.45, 7) is 4.20. The fraction of sp³-hybridized carbons (Fsp3) is 0.211. The van der Waals surface area contributed by atoms with Crippen molar-refractivity contribution >= 4 is 22.7 Å². The van der Waals surface area contributed by atoms with Gasteiger partial charge in [0, 0.05) is 23.6 Å². The number of nitro groups is 1. The Kier molecular flexibility index (Phi) is 5.27. The third-order valence-electron chi connectivity index (χ3n) is 4.20. The molecule has 1 heterocycles. The van der Waals surface area contributed by atoms with Crippen LogP contribution in [0.15, 0.2) is 58.9 Å². The Morgan fingerprint density at radius 3 is 2.42 bits per heavy atom. The number of halogens is 1. The standard InChI is InChI=1S/C19H18FN3O2S/c1-3-13(2)22-18(14-4-10-17(11-5-14)23(24)25)12-26-19(22)21-16-8-6-15(20)7-9-16/h4-13H,3H2,1-2H3. The second-order valence-corrected chi connectivity index (χ2v) is 6.76. The molecule has 134 valence electrons. The van der Waals surface area contributed by atoms with Gasteiger partial charge in [-0.1, -0.05) is 6.92 Å². The molecule has 0 aliphatic rings. The molecule has 0 saturated heterocycles. The molecule has 5 nitrogen and oxygen atoms in total. The molecular weight excluding hydrogens is 353 g/mol. The first kappa shape index (κ1) is 18.0. The van der Waals surface area contributed by atoms with E-state index < -0.39 is 4.92 Å². The quantitative estimate of drug-likeness (QED) is 0.441. The van der Waals surface area contributed by atoms with E-state index in [4.69, 9.17) is 0 Å². The Hall–Kier alpha value is -2.80. The van der Waals surface area contributed by atoms with E-state index in [9.17, 15) is 14.5 Å². The van der Waals surface area contributed by atoms with Gasteiger partial charge >= 0.3 is 0 Å². The van der Waals surface area contributed by atoms with Crippen LogP contribution in [0.4, 0.5) is 15.8 Å². The van der Waals surface area contributed by atoms with Crippen LogP contribution < -0.4 is 4.80 Å². The molecule has 3 rings (SSSR count). The van der Waals surface area contributed by atoms with Gasteiger partial charge in [-0.2, -0.15) is 0 Å². The van der Waals surface area contributed by atoms with Crippen molar-refractivity contribution in [2.45, 2.75) is 26.3 Å². The smallest absolute Gasteiger partial charge is 0.269 e. The number of thiazole rings is 1. The predicted octanol–water partition coefficient (Wildman–Crippen LogP) is 5.47. The third-order valence-corrected chi connectivity index (χ3v) is 5.04. The van der Waals surface area contributed by atoms with Crippen molar-refractivity contribution in [1.82, 2.24) is 4.57 Å². The molecule has 0 N–H and O–H groups in total. The fourth-order valence-corrected chi connectivity index (χ4v) is 3.62. The Morgan fingerprint density at radius 1 is 1.19 bits per heavy atom. The monoisotopic (exact) mass is 371 g/mol. The molecule has 0 fully saturated rings. The third kappa shape index (κ3) is 3.72. The number of benzene rings is 2. The molecule has 3 aromatic rings. The van der Waals surface area contributed by atoms with Crippen molar-refractivity contribution in [2.75, 3.05) is 0 Å². The topological polar surface area (TPSA) is 60.4 Å². The van der Waals surface area contributed by atoms with Crippen molar-refractivity contribution in [3.63, 3.8) is 0 Å². The Balaban J connectivity index is 2.10. The summed E-state index contributed by atoms with van der Waals surface area (Å²) in [5.41, 5.74) is 2.60. The van der Waals surface area contributed by atoms with Crippen molar-refractivity contribution < 1.29 is 9.31 Å². The van der Waals surface area contributed by atoms with Crippen molar-refractivity contribution in [1.29, 1.82) is 0 Å². The second-order valence-electron chi connectivity index (χ2n) is 5.92. The average molecular weight is 371 g/mol. The summed E-state index contributed by atoms with van der Waals surface area (Å²) in [6.07, 6.45) is 0.910. The van der Waals surface area contributed by atoms with Gasteiger partial charge in [0.05, 0.1) is 16.3 Å². The molecule has 0 radical (unpaired) electrons. The van der Waals surface area contributed by atoms with Gasteiger partial charge in [0.1, 0.15) is 5.82 Å². The zero-order valence-corrected chi connectivity index (χ0v) is 15.2. The van der Waals surface area contributed by atoms with Crippen LogP contribution in [-0.2, 0) is 0 Å². The molecule has 0 amide bonds. The van der Waals surface area contributed by atoms with E-state index in [1.165, 1.54) is 35.6 Å². The lowest BCUT2D eigenvalue weighted by molar-refractivity contribution is -0.384. The minimum absolute atomic E-state index is 0.0651. The van der Waals surface area contributed by atoms with Crippen molar-refractivity contribution in [3.05, 3.63) is 74.6 Å². The first-order valence-electron chi connectivity index (χ1n) is 8.24. The fourth-order valence-electron chi connectivity index (χ4n) is 2.60. The second kappa shape index (κ2) is 7.61. The molecule has 0 spiro atoms. The SMILES string of the molecule is CCC(C)n1c(-c2ccc([N+](=O)[O-])cc2)csc1=Nc1ccc(F)cc1. The molecule has 26 heavy (non-hydrogen) atoms. The van der Waals surface area contributed by atoms with Gasteiger partial charge in [0.2, 0.25) is 0 Å². The maximum absolute atomic E-state index is 13.1. The maximum atomic E-state index is 13.1. The largest absolute Gasteiger partial charge is 0.314 e. The van der Waals surface area contributed by atoms with Crippen LogP contribution >= 0.6 is 11.3 Å². The van der Waals surface area contributed by atoms with Crippen LogP contribution in [0.25, 0.3) is 11.3 Å². The summed E-state index contributed by atoms with van der Waals surface area (Å²) >= 11 is 1.49. The molecule has 0 bridgehead atoms. The molecule has 0 aliphatic carbocycles. The zero-order valence-electron chi connectivity index (χ0n) is 14.4. The predicted molar refractivity (Wildman–Crippen MR) is 101 cm³/mol. The normalized spacial score (nSPS) is 13.0. The maximum Gasteiger partial charge on any atom is 0.269 e. The number of nitrogens with zero attached hydrogens (tertiary/aromatic N) is 3. The summed E-state index contributed by atoms with van der Waals surface area (Å²) in [5.74, 6) is -0.295. The zero-order chi connectivity index (χ0) is 18.7. The van der Waals surface area contributed by atoms with Crippen molar-refractivity contribution in [3.8, 4) is 11.3 Å². The lowest BCUT2D eigenvalue weighted by Gasteiger charge is -2.15. The van der Waals surface area contributed by atoms with E-state index in [1.54, 1.807) is 24.3 Å². The van der Waals surface area contributed by atoms with Gasteiger partial charge < -0.3 is 4.57 Å². The molecule has 2 aromatic carbocycles. The summed E-state index contributed by atoms with van der Waals surface area (Å²) in [5, 5.41) is 12.9. The highest BCUT2D eigenvalue weighted by atomic mass is 32.1. The highest BCUT2D eigenvalue weighted by molar-refractivity contribution is 7.07. The number of nitro benzene ring substituents is 1. The van der Waals surface area contributed by atoms with Crippen LogP contribution in [0.2, 0.25) is 0 Å². The Morgan fingerprint density at radius 2 is 1.85 bits per heavy atom. The number of hydrogen-bond donors (Lipinski definition) is 0. The first-order chi connectivity index (χ1) is 12.5. The van der Waals surface area contributed by atoms with Gasteiger partial charge in [-0.3, -0.25) is 10.1 Å². The van der Waals surface area contributed by atoms with Crippen LogP contribution in [0.5, 0.6) is 0 Å². The van der Waals surface area contributed by atoms with Gasteiger partial charge in [-0.05, 0) is 55.3 Å². The van der Waals surface area contributed by atoms with Crippen molar-refractivity contribution in [2.24, 2.45) is 4.99 Å². The van der Waals surface area contributed by atoms with Gasteiger partial charge in [0.25, 0.3) is 5.69 Å². The molecular formula is C19H18FN3O2S. The van der Waals surface area contributed by atoms with Gasteiger partial charge in [0.15, 0.2) is 4.80 Å². The van der Waals surface area contributed by atoms with E-state index in [-0.39, 0.29) is 17.5 Å². The summed E-state index contributed by atoms with van der Waals surface area (Å²) < 4.78 is 15.2. The minimum atomic E-state index is -0.407. The number of aromatic nitrogens is 1. The highest BCUT2D eigenvalue weighted by Crippen LogP contribution is 2.27. The highest BCUT2D eigenvalue weighted by Gasteiger charge is 2.14. The van der Waals surface area contributed by atoms with E-state index in [0.717, 1.165) is 22.5 Å². The molecule has 7 heteroatoms. The Bertz CT molecular complexity index is 975. The Labute approximate surface area is 154 Å². The molecule has 1 atom stereocenters. The molecule has 1 unspecified atom stereocenters. The van der Waals surface area contributed by atoms with Crippen LogP contribution in [0.3, 0.4) is 0 Å². The summed E-state index contributed by atoms with van der Waals surface area (Å²) in [7, 11) is 0. The van der Waals surface area contributed by atoms with Gasteiger partial charge in [-0.25, -0.2) is 9.38 Å². The van der Waals surface area contributed by atoms with E-state index in [2.05, 4.69) is 23.4 Å². The van der Waals surface area contributed by atoms with E-state index in [1.807, 2.05) is 5.38 Å². The summed E-state index contributed by atoms with van der Waals surface area (Å²) in [6, 6.07) is 12.8. The van der Waals surface area contributed by atoms with Crippen LogP contribution in [0, 0.1) is 15.9 Å². The average Bonchev–Trinajstić information content (AvgIpc) is 3.06. The molecule has 0 aliphatic heterocycles. The van der Waals surface area contributed by atoms with E-state index in [0.29, 0.717) is 5.69 Å². The van der Waals surface area contributed by atoms with Crippen LogP contribution in [0.1, 0.15) is 26.3 Å². The number of rotatable bonds is 5. The number of hydrogen-bond acceptors (Lipinski definition) is 4. The number of non-ortho nitro benzene ring substituents is 1.